The van der Waals surface area contributed by atoms with Crippen LogP contribution >= 0.6 is 0 Å². The fourth-order valence-corrected chi connectivity index (χ4v) is 2.09. The highest BCUT2D eigenvalue weighted by Crippen LogP contribution is 2.20. The van der Waals surface area contributed by atoms with E-state index in [2.05, 4.69) is 0 Å². The maximum atomic E-state index is 12.4. The Balaban J connectivity index is 2.31. The molecule has 0 radical (unpaired) electrons. The van der Waals surface area contributed by atoms with E-state index in [0.29, 0.717) is 16.5 Å². The fourth-order valence-electron chi connectivity index (χ4n) is 2.09. The molecule has 0 saturated heterocycles. The van der Waals surface area contributed by atoms with Crippen molar-refractivity contribution < 1.29 is 4.42 Å². The molecule has 0 spiro atoms. The standard InChI is InChI=1S/C16H12O2/c1-11-5-4-6-12(9-11)14-10-18-15-8-3-2-7-13(15)16(14)17/h2-10H,1H3. The predicted octanol–water partition coefficient (Wildman–Crippen LogP) is 3.77. The second-order valence-electron chi connectivity index (χ2n) is 4.34. The quantitative estimate of drug-likeness (QED) is 0.643. The summed E-state index contributed by atoms with van der Waals surface area (Å²) < 4.78 is 5.52. The van der Waals surface area contributed by atoms with Gasteiger partial charge in [-0.1, -0.05) is 42.0 Å². The third-order valence-corrected chi connectivity index (χ3v) is 3.01. The van der Waals surface area contributed by atoms with Crippen LogP contribution < -0.4 is 5.43 Å². The molecule has 18 heavy (non-hydrogen) atoms. The first-order chi connectivity index (χ1) is 8.75. The van der Waals surface area contributed by atoms with Crippen molar-refractivity contribution in [2.24, 2.45) is 0 Å². The van der Waals surface area contributed by atoms with Gasteiger partial charge in [0.2, 0.25) is 0 Å². The van der Waals surface area contributed by atoms with Crippen LogP contribution in [0.4, 0.5) is 0 Å². The number of hydrogen-bond acceptors (Lipinski definition) is 2. The maximum Gasteiger partial charge on any atom is 0.200 e. The lowest BCUT2D eigenvalue weighted by molar-refractivity contribution is 0.604. The van der Waals surface area contributed by atoms with Gasteiger partial charge in [0.1, 0.15) is 11.8 Å². The van der Waals surface area contributed by atoms with Gasteiger partial charge in [0.25, 0.3) is 0 Å². The van der Waals surface area contributed by atoms with E-state index in [9.17, 15) is 4.79 Å². The van der Waals surface area contributed by atoms with Crippen LogP contribution in [-0.2, 0) is 0 Å². The molecule has 0 aliphatic rings. The van der Waals surface area contributed by atoms with Crippen molar-refractivity contribution in [3.63, 3.8) is 0 Å². The third-order valence-electron chi connectivity index (χ3n) is 3.01. The van der Waals surface area contributed by atoms with Crippen LogP contribution in [0.2, 0.25) is 0 Å². The molecule has 0 bridgehead atoms. The Morgan fingerprint density at radius 3 is 2.67 bits per heavy atom. The lowest BCUT2D eigenvalue weighted by atomic mass is 10.0. The van der Waals surface area contributed by atoms with Gasteiger partial charge in [-0.2, -0.15) is 0 Å². The lowest BCUT2D eigenvalue weighted by Crippen LogP contribution is -2.04. The van der Waals surface area contributed by atoms with E-state index in [0.717, 1.165) is 11.1 Å². The summed E-state index contributed by atoms with van der Waals surface area (Å²) in [6, 6.07) is 15.2. The Kier molecular flexibility index (Phi) is 2.49. The zero-order valence-electron chi connectivity index (χ0n) is 10.0. The van der Waals surface area contributed by atoms with E-state index in [1.165, 1.54) is 0 Å². The molecule has 0 fully saturated rings. The van der Waals surface area contributed by atoms with Crippen LogP contribution in [0, 0.1) is 6.92 Å². The minimum absolute atomic E-state index is 0.0162. The Bertz CT molecular complexity index is 769. The van der Waals surface area contributed by atoms with Crippen molar-refractivity contribution in [1.82, 2.24) is 0 Å². The van der Waals surface area contributed by atoms with Gasteiger partial charge in [0.05, 0.1) is 10.9 Å². The van der Waals surface area contributed by atoms with E-state index in [1.54, 1.807) is 18.4 Å². The number of aryl methyl sites for hydroxylation is 1. The zero-order chi connectivity index (χ0) is 12.5. The largest absolute Gasteiger partial charge is 0.463 e. The summed E-state index contributed by atoms with van der Waals surface area (Å²) in [6.45, 7) is 2.01. The molecular formula is C16H12O2. The number of para-hydroxylation sites is 1. The molecule has 0 saturated carbocycles. The number of rotatable bonds is 1. The number of benzene rings is 2. The summed E-state index contributed by atoms with van der Waals surface area (Å²) in [5.41, 5.74) is 3.27. The summed E-state index contributed by atoms with van der Waals surface area (Å²) in [7, 11) is 0. The molecule has 1 aromatic heterocycles. The SMILES string of the molecule is Cc1cccc(-c2coc3ccccc3c2=O)c1. The Hall–Kier alpha value is -2.35. The molecule has 0 aliphatic carbocycles. The van der Waals surface area contributed by atoms with Crippen LogP contribution in [0.3, 0.4) is 0 Å². The highest BCUT2D eigenvalue weighted by molar-refractivity contribution is 5.81. The molecule has 3 rings (SSSR count). The van der Waals surface area contributed by atoms with Crippen molar-refractivity contribution in [2.75, 3.05) is 0 Å². The smallest absolute Gasteiger partial charge is 0.200 e. The van der Waals surface area contributed by atoms with Crippen molar-refractivity contribution in [3.05, 3.63) is 70.6 Å². The second-order valence-corrected chi connectivity index (χ2v) is 4.34. The van der Waals surface area contributed by atoms with Gasteiger partial charge in [-0.05, 0) is 24.6 Å². The normalized spacial score (nSPS) is 10.7. The van der Waals surface area contributed by atoms with Crippen molar-refractivity contribution in [1.29, 1.82) is 0 Å². The minimum Gasteiger partial charge on any atom is -0.463 e. The summed E-state index contributed by atoms with van der Waals surface area (Å²) >= 11 is 0. The minimum atomic E-state index is 0.0162. The maximum absolute atomic E-state index is 12.4. The van der Waals surface area contributed by atoms with E-state index in [1.807, 2.05) is 43.3 Å². The van der Waals surface area contributed by atoms with Crippen LogP contribution in [0.1, 0.15) is 5.56 Å². The Labute approximate surface area is 105 Å². The Morgan fingerprint density at radius 1 is 1.00 bits per heavy atom. The predicted molar refractivity (Wildman–Crippen MR) is 72.7 cm³/mol. The van der Waals surface area contributed by atoms with E-state index in [4.69, 9.17) is 4.42 Å². The topological polar surface area (TPSA) is 30.2 Å². The van der Waals surface area contributed by atoms with Gasteiger partial charge in [-0.3, -0.25) is 4.79 Å². The van der Waals surface area contributed by atoms with E-state index in [-0.39, 0.29) is 5.43 Å². The Morgan fingerprint density at radius 2 is 1.83 bits per heavy atom. The number of fused-ring (bicyclic) bond motifs is 1. The van der Waals surface area contributed by atoms with Gasteiger partial charge >= 0.3 is 0 Å². The molecule has 2 nitrogen and oxygen atoms in total. The number of hydrogen-bond donors (Lipinski definition) is 0. The molecule has 0 unspecified atom stereocenters. The van der Waals surface area contributed by atoms with Crippen LogP contribution in [0.25, 0.3) is 22.1 Å². The van der Waals surface area contributed by atoms with Crippen molar-refractivity contribution in [3.8, 4) is 11.1 Å². The summed E-state index contributed by atoms with van der Waals surface area (Å²) in [5.74, 6) is 0. The van der Waals surface area contributed by atoms with Crippen LogP contribution in [0.15, 0.2) is 64.0 Å². The average Bonchev–Trinajstić information content (AvgIpc) is 2.39. The highest BCUT2D eigenvalue weighted by atomic mass is 16.3. The molecule has 2 heteroatoms. The molecule has 0 amide bonds. The van der Waals surface area contributed by atoms with E-state index >= 15 is 0 Å². The first kappa shape index (κ1) is 10.8. The highest BCUT2D eigenvalue weighted by Gasteiger charge is 2.08. The second kappa shape index (κ2) is 4.15. The van der Waals surface area contributed by atoms with Gasteiger partial charge in [0.15, 0.2) is 5.43 Å². The monoisotopic (exact) mass is 236 g/mol. The molecular weight excluding hydrogens is 224 g/mol. The van der Waals surface area contributed by atoms with Gasteiger partial charge in [0, 0.05) is 0 Å². The lowest BCUT2D eigenvalue weighted by Gasteiger charge is -2.03. The van der Waals surface area contributed by atoms with Crippen molar-refractivity contribution in [2.45, 2.75) is 6.92 Å². The zero-order valence-corrected chi connectivity index (χ0v) is 10.0. The van der Waals surface area contributed by atoms with E-state index < -0.39 is 0 Å². The van der Waals surface area contributed by atoms with Gasteiger partial charge in [-0.15, -0.1) is 0 Å². The molecule has 1 heterocycles. The van der Waals surface area contributed by atoms with Crippen molar-refractivity contribution >= 4 is 11.0 Å². The van der Waals surface area contributed by atoms with Gasteiger partial charge in [-0.25, -0.2) is 0 Å². The molecule has 88 valence electrons. The van der Waals surface area contributed by atoms with Crippen LogP contribution in [0.5, 0.6) is 0 Å². The van der Waals surface area contributed by atoms with Crippen LogP contribution in [-0.4, -0.2) is 0 Å². The molecule has 0 aliphatic heterocycles. The first-order valence-electron chi connectivity index (χ1n) is 5.83. The molecule has 2 aromatic carbocycles. The summed E-state index contributed by atoms with van der Waals surface area (Å²) in [5, 5.41) is 0.622. The van der Waals surface area contributed by atoms with Gasteiger partial charge < -0.3 is 4.42 Å². The first-order valence-corrected chi connectivity index (χ1v) is 5.83. The molecule has 0 atom stereocenters. The molecule has 3 aromatic rings. The summed E-state index contributed by atoms with van der Waals surface area (Å²) in [4.78, 5) is 12.4. The fraction of sp³-hybridized carbons (Fsp3) is 0.0625. The average molecular weight is 236 g/mol. The third kappa shape index (κ3) is 1.72. The summed E-state index contributed by atoms with van der Waals surface area (Å²) in [6.07, 6.45) is 1.54. The molecule has 0 N–H and O–H groups in total.